The zero-order valence-electron chi connectivity index (χ0n) is 13.8. The predicted molar refractivity (Wildman–Crippen MR) is 82.7 cm³/mol. The maximum absolute atomic E-state index is 12.2. The SMILES string of the molecule is Cc1cc(C(=O)NCCC(C)(C)C(=O)O)c(C)n1C(C)C. The summed E-state index contributed by atoms with van der Waals surface area (Å²) in [6.45, 7) is 11.7. The van der Waals surface area contributed by atoms with E-state index in [1.165, 1.54) is 0 Å². The van der Waals surface area contributed by atoms with Crippen molar-refractivity contribution in [1.29, 1.82) is 0 Å². The number of aliphatic carboxylic acids is 1. The Morgan fingerprint density at radius 2 is 1.90 bits per heavy atom. The van der Waals surface area contributed by atoms with Gasteiger partial charge in [-0.1, -0.05) is 0 Å². The summed E-state index contributed by atoms with van der Waals surface area (Å²) in [5.74, 6) is -0.995. The van der Waals surface area contributed by atoms with Gasteiger partial charge in [0, 0.05) is 24.0 Å². The molecule has 0 fully saturated rings. The van der Waals surface area contributed by atoms with Gasteiger partial charge in [0.05, 0.1) is 11.0 Å². The second kappa shape index (κ2) is 6.33. The lowest BCUT2D eigenvalue weighted by molar-refractivity contribution is -0.147. The molecule has 0 aliphatic rings. The summed E-state index contributed by atoms with van der Waals surface area (Å²) in [7, 11) is 0. The summed E-state index contributed by atoms with van der Waals surface area (Å²) in [4.78, 5) is 23.3. The second-order valence-corrected chi connectivity index (χ2v) is 6.44. The van der Waals surface area contributed by atoms with E-state index >= 15 is 0 Å². The van der Waals surface area contributed by atoms with Gasteiger partial charge in [0.15, 0.2) is 0 Å². The quantitative estimate of drug-likeness (QED) is 0.847. The van der Waals surface area contributed by atoms with Crippen molar-refractivity contribution < 1.29 is 14.7 Å². The van der Waals surface area contributed by atoms with Gasteiger partial charge in [-0.15, -0.1) is 0 Å². The minimum Gasteiger partial charge on any atom is -0.481 e. The lowest BCUT2D eigenvalue weighted by Crippen LogP contribution is -2.32. The van der Waals surface area contributed by atoms with E-state index in [0.29, 0.717) is 24.6 Å². The molecule has 0 saturated heterocycles. The number of aryl methyl sites for hydroxylation is 1. The van der Waals surface area contributed by atoms with Crippen LogP contribution in [0.3, 0.4) is 0 Å². The van der Waals surface area contributed by atoms with Gasteiger partial charge in [-0.05, 0) is 54.0 Å². The summed E-state index contributed by atoms with van der Waals surface area (Å²) in [6, 6.07) is 2.19. The number of carbonyl (C=O) groups excluding carboxylic acids is 1. The highest BCUT2D eigenvalue weighted by Gasteiger charge is 2.27. The Kier molecular flexibility index (Phi) is 5.20. The Morgan fingerprint density at radius 3 is 2.33 bits per heavy atom. The lowest BCUT2D eigenvalue weighted by atomic mass is 9.90. The van der Waals surface area contributed by atoms with Crippen molar-refractivity contribution in [3.8, 4) is 0 Å². The predicted octanol–water partition coefficient (Wildman–Crippen LogP) is 2.92. The minimum absolute atomic E-state index is 0.142. The number of amides is 1. The molecule has 0 radical (unpaired) electrons. The third-order valence-electron chi connectivity index (χ3n) is 3.86. The van der Waals surface area contributed by atoms with Crippen LogP contribution < -0.4 is 5.32 Å². The van der Waals surface area contributed by atoms with E-state index in [2.05, 4.69) is 23.7 Å². The van der Waals surface area contributed by atoms with Crippen LogP contribution in [0.25, 0.3) is 0 Å². The number of hydrogen-bond acceptors (Lipinski definition) is 2. The number of aromatic nitrogens is 1. The molecule has 1 rings (SSSR count). The van der Waals surface area contributed by atoms with Gasteiger partial charge in [0.2, 0.25) is 0 Å². The molecular formula is C16H26N2O3. The van der Waals surface area contributed by atoms with Crippen LogP contribution in [0.2, 0.25) is 0 Å². The van der Waals surface area contributed by atoms with Crippen molar-refractivity contribution in [2.75, 3.05) is 6.54 Å². The number of carbonyl (C=O) groups is 2. The molecule has 0 atom stereocenters. The van der Waals surface area contributed by atoms with Crippen LogP contribution >= 0.6 is 0 Å². The number of nitrogens with one attached hydrogen (secondary N) is 1. The molecule has 2 N–H and O–H groups in total. The first-order chi connectivity index (χ1) is 9.58. The van der Waals surface area contributed by atoms with Crippen molar-refractivity contribution in [2.45, 2.75) is 54.0 Å². The molecule has 0 bridgehead atoms. The molecule has 0 unspecified atom stereocenters. The number of carboxylic acids is 1. The minimum atomic E-state index is -0.852. The van der Waals surface area contributed by atoms with Crippen LogP contribution in [0.5, 0.6) is 0 Å². The van der Waals surface area contributed by atoms with Crippen LogP contribution in [0.4, 0.5) is 0 Å². The summed E-state index contributed by atoms with van der Waals surface area (Å²) >= 11 is 0. The van der Waals surface area contributed by atoms with Gasteiger partial charge in [-0.3, -0.25) is 9.59 Å². The first kappa shape index (κ1) is 17.3. The molecule has 0 aliphatic heterocycles. The molecule has 5 heteroatoms. The van der Waals surface area contributed by atoms with Crippen molar-refractivity contribution >= 4 is 11.9 Å². The van der Waals surface area contributed by atoms with Crippen molar-refractivity contribution in [1.82, 2.24) is 9.88 Å². The van der Waals surface area contributed by atoms with E-state index < -0.39 is 11.4 Å². The molecule has 118 valence electrons. The van der Waals surface area contributed by atoms with E-state index in [4.69, 9.17) is 5.11 Å². The molecule has 21 heavy (non-hydrogen) atoms. The Bertz CT molecular complexity index is 542. The molecule has 0 aromatic carbocycles. The summed E-state index contributed by atoms with van der Waals surface area (Å²) < 4.78 is 2.12. The number of hydrogen-bond donors (Lipinski definition) is 2. The van der Waals surface area contributed by atoms with Crippen molar-refractivity contribution in [3.05, 3.63) is 23.0 Å². The summed E-state index contributed by atoms with van der Waals surface area (Å²) in [5, 5.41) is 11.9. The molecule has 0 saturated carbocycles. The normalized spacial score (nSPS) is 11.8. The van der Waals surface area contributed by atoms with Gasteiger partial charge in [0.25, 0.3) is 5.91 Å². The Hall–Kier alpha value is -1.78. The van der Waals surface area contributed by atoms with E-state index in [1.807, 2.05) is 19.9 Å². The fourth-order valence-corrected chi connectivity index (χ4v) is 2.49. The molecule has 1 amide bonds. The first-order valence-corrected chi connectivity index (χ1v) is 7.28. The standard InChI is InChI=1S/C16H26N2O3/c1-10(2)18-11(3)9-13(12(18)4)14(19)17-8-7-16(5,6)15(20)21/h9-10H,7-8H2,1-6H3,(H,17,19)(H,20,21). The third kappa shape index (κ3) is 3.86. The van der Waals surface area contributed by atoms with Crippen LogP contribution in [0.1, 0.15) is 61.9 Å². The van der Waals surface area contributed by atoms with Gasteiger partial charge in [-0.25, -0.2) is 0 Å². The number of carboxylic acid groups (broad SMARTS) is 1. The van der Waals surface area contributed by atoms with Crippen LogP contribution in [0.15, 0.2) is 6.07 Å². The summed E-state index contributed by atoms with van der Waals surface area (Å²) in [6.07, 6.45) is 0.400. The van der Waals surface area contributed by atoms with Crippen LogP contribution in [0, 0.1) is 19.3 Å². The van der Waals surface area contributed by atoms with Crippen molar-refractivity contribution in [3.63, 3.8) is 0 Å². The van der Waals surface area contributed by atoms with Gasteiger partial charge in [-0.2, -0.15) is 0 Å². The highest BCUT2D eigenvalue weighted by atomic mass is 16.4. The van der Waals surface area contributed by atoms with E-state index in [1.54, 1.807) is 13.8 Å². The maximum atomic E-state index is 12.2. The number of nitrogens with zero attached hydrogens (tertiary/aromatic N) is 1. The first-order valence-electron chi connectivity index (χ1n) is 7.28. The topological polar surface area (TPSA) is 71.3 Å². The zero-order chi connectivity index (χ0) is 16.4. The van der Waals surface area contributed by atoms with E-state index in [9.17, 15) is 9.59 Å². The molecule has 1 heterocycles. The molecule has 0 aliphatic carbocycles. The van der Waals surface area contributed by atoms with Gasteiger partial charge in [0.1, 0.15) is 0 Å². The monoisotopic (exact) mass is 294 g/mol. The highest BCUT2D eigenvalue weighted by molar-refractivity contribution is 5.95. The van der Waals surface area contributed by atoms with E-state index in [0.717, 1.165) is 11.4 Å². The Labute approximate surface area is 126 Å². The second-order valence-electron chi connectivity index (χ2n) is 6.44. The third-order valence-corrected chi connectivity index (χ3v) is 3.86. The van der Waals surface area contributed by atoms with E-state index in [-0.39, 0.29) is 5.91 Å². The van der Waals surface area contributed by atoms with Gasteiger partial charge < -0.3 is 15.0 Å². The smallest absolute Gasteiger partial charge is 0.309 e. The number of rotatable bonds is 6. The van der Waals surface area contributed by atoms with Gasteiger partial charge >= 0.3 is 5.97 Å². The lowest BCUT2D eigenvalue weighted by Gasteiger charge is -2.19. The van der Waals surface area contributed by atoms with Crippen LogP contribution in [-0.2, 0) is 4.79 Å². The Balaban J connectivity index is 2.74. The highest BCUT2D eigenvalue weighted by Crippen LogP contribution is 2.21. The average molecular weight is 294 g/mol. The fraction of sp³-hybridized carbons (Fsp3) is 0.625. The molecule has 1 aromatic heterocycles. The largest absolute Gasteiger partial charge is 0.481 e. The average Bonchev–Trinajstić information content (AvgIpc) is 2.64. The zero-order valence-corrected chi connectivity index (χ0v) is 13.8. The fourth-order valence-electron chi connectivity index (χ4n) is 2.49. The molecule has 0 spiro atoms. The summed E-state index contributed by atoms with van der Waals surface area (Å²) in [5.41, 5.74) is 1.83. The maximum Gasteiger partial charge on any atom is 0.309 e. The molecular weight excluding hydrogens is 268 g/mol. The Morgan fingerprint density at radius 1 is 1.33 bits per heavy atom. The van der Waals surface area contributed by atoms with Crippen LogP contribution in [-0.4, -0.2) is 28.1 Å². The van der Waals surface area contributed by atoms with Crippen molar-refractivity contribution in [2.24, 2.45) is 5.41 Å². The molecule has 1 aromatic rings. The molecule has 5 nitrogen and oxygen atoms in total.